The number of cyclic esters (lactones) is 1. The van der Waals surface area contributed by atoms with E-state index in [2.05, 4.69) is 27.4 Å². The molecule has 4 rings (SSSR count). The second-order valence-electron chi connectivity index (χ2n) is 8.25. The van der Waals surface area contributed by atoms with E-state index in [1.165, 1.54) is 0 Å². The van der Waals surface area contributed by atoms with Crippen molar-refractivity contribution in [2.75, 3.05) is 13.7 Å². The summed E-state index contributed by atoms with van der Waals surface area (Å²) in [7, 11) is 1.64. The van der Waals surface area contributed by atoms with Gasteiger partial charge in [0.25, 0.3) is 0 Å². The molecule has 3 aliphatic carbocycles. The second-order valence-corrected chi connectivity index (χ2v) is 8.25. The fourth-order valence-corrected chi connectivity index (χ4v) is 5.67. The SMILES string of the molecule is C=C(C)C(=O)OC1C(OC)C2(C)CCC1(C(C)C)C1COC(=O)C12.CC. The minimum Gasteiger partial charge on any atom is -0.465 e. The molecule has 1 saturated heterocycles. The maximum Gasteiger partial charge on any atom is 0.333 e. The predicted octanol–water partition coefficient (Wildman–Crippen LogP) is 3.76. The van der Waals surface area contributed by atoms with E-state index in [-0.39, 0.29) is 52.7 Å². The summed E-state index contributed by atoms with van der Waals surface area (Å²) in [5, 5.41) is 0. The Labute approximate surface area is 157 Å². The molecule has 26 heavy (non-hydrogen) atoms. The number of carbonyl (C=O) groups excluding carboxylic acids is 2. The summed E-state index contributed by atoms with van der Waals surface area (Å²) in [6.45, 7) is 16.1. The standard InChI is InChI=1S/C19H28O5.C2H6/c1-10(2)16(20)24-15-14(22-6)18(5)7-8-19(15,11(3)4)12-9-23-17(21)13(12)18;1-2/h11-15H,1,7-9H2,2-6H3;1-2H3. The van der Waals surface area contributed by atoms with Crippen LogP contribution in [0.4, 0.5) is 0 Å². The maximum atomic E-state index is 12.5. The lowest BCUT2D eigenvalue weighted by Crippen LogP contribution is -2.71. The van der Waals surface area contributed by atoms with Crippen LogP contribution >= 0.6 is 0 Å². The fraction of sp³-hybridized carbons (Fsp3) is 0.810. The van der Waals surface area contributed by atoms with Gasteiger partial charge in [-0.3, -0.25) is 4.79 Å². The maximum absolute atomic E-state index is 12.5. The van der Waals surface area contributed by atoms with Gasteiger partial charge >= 0.3 is 11.9 Å². The van der Waals surface area contributed by atoms with Gasteiger partial charge in [-0.25, -0.2) is 4.79 Å². The van der Waals surface area contributed by atoms with Gasteiger partial charge in [-0.2, -0.15) is 0 Å². The number of ether oxygens (including phenoxy) is 3. The van der Waals surface area contributed by atoms with Crippen molar-refractivity contribution in [3.8, 4) is 0 Å². The first-order chi connectivity index (χ1) is 12.2. The van der Waals surface area contributed by atoms with Gasteiger partial charge in [-0.1, -0.05) is 41.2 Å². The van der Waals surface area contributed by atoms with Gasteiger partial charge < -0.3 is 14.2 Å². The Balaban J connectivity index is 0.00000117. The van der Waals surface area contributed by atoms with E-state index >= 15 is 0 Å². The van der Waals surface area contributed by atoms with Crippen molar-refractivity contribution in [1.29, 1.82) is 0 Å². The van der Waals surface area contributed by atoms with E-state index < -0.39 is 0 Å². The minimum absolute atomic E-state index is 0.0677. The minimum atomic E-state index is -0.389. The molecule has 0 N–H and O–H groups in total. The third-order valence-corrected chi connectivity index (χ3v) is 6.92. The molecule has 148 valence electrons. The number of carbonyl (C=O) groups is 2. The van der Waals surface area contributed by atoms with E-state index in [0.717, 1.165) is 12.8 Å². The molecule has 0 amide bonds. The number of methoxy groups -OCH3 is 1. The normalized spacial score (nSPS) is 40.4. The lowest BCUT2D eigenvalue weighted by atomic mass is 9.41. The first kappa shape index (κ1) is 20.9. The van der Waals surface area contributed by atoms with E-state index in [0.29, 0.717) is 12.2 Å². The van der Waals surface area contributed by atoms with Crippen molar-refractivity contribution in [1.82, 2.24) is 0 Å². The summed E-state index contributed by atoms with van der Waals surface area (Å²) in [6.07, 6.45) is 1.08. The smallest absolute Gasteiger partial charge is 0.333 e. The zero-order valence-corrected chi connectivity index (χ0v) is 17.3. The van der Waals surface area contributed by atoms with Gasteiger partial charge in [0.1, 0.15) is 12.2 Å². The summed E-state index contributed by atoms with van der Waals surface area (Å²) < 4.78 is 17.2. The molecule has 0 spiro atoms. The summed E-state index contributed by atoms with van der Waals surface area (Å²) in [4.78, 5) is 24.8. The summed E-state index contributed by atoms with van der Waals surface area (Å²) in [6, 6.07) is 0. The van der Waals surface area contributed by atoms with Gasteiger partial charge in [-0.15, -0.1) is 0 Å². The molecule has 0 radical (unpaired) electrons. The van der Waals surface area contributed by atoms with Crippen LogP contribution in [0.25, 0.3) is 0 Å². The van der Waals surface area contributed by atoms with Crippen LogP contribution in [0.5, 0.6) is 0 Å². The van der Waals surface area contributed by atoms with Crippen molar-refractivity contribution in [2.45, 2.75) is 66.6 Å². The molecule has 6 atom stereocenters. The van der Waals surface area contributed by atoms with Crippen LogP contribution < -0.4 is 0 Å². The van der Waals surface area contributed by atoms with Crippen LogP contribution in [-0.2, 0) is 23.8 Å². The Kier molecular flexibility index (Phi) is 5.91. The number of hydrogen-bond donors (Lipinski definition) is 0. The molecule has 0 aromatic rings. The summed E-state index contributed by atoms with van der Waals surface area (Å²) >= 11 is 0. The largest absolute Gasteiger partial charge is 0.465 e. The van der Waals surface area contributed by atoms with E-state index in [4.69, 9.17) is 14.2 Å². The van der Waals surface area contributed by atoms with Gasteiger partial charge in [0.15, 0.2) is 0 Å². The van der Waals surface area contributed by atoms with Crippen molar-refractivity contribution in [3.63, 3.8) is 0 Å². The van der Waals surface area contributed by atoms with Crippen LogP contribution in [0.1, 0.15) is 54.4 Å². The van der Waals surface area contributed by atoms with Crippen LogP contribution in [0.2, 0.25) is 0 Å². The van der Waals surface area contributed by atoms with Crippen LogP contribution in [-0.4, -0.2) is 37.9 Å². The number of hydrogen-bond acceptors (Lipinski definition) is 5. The van der Waals surface area contributed by atoms with Crippen molar-refractivity contribution in [2.24, 2.45) is 28.6 Å². The summed E-state index contributed by atoms with van der Waals surface area (Å²) in [5.41, 5.74) is -0.296. The number of esters is 2. The van der Waals surface area contributed by atoms with Gasteiger partial charge in [0.05, 0.1) is 12.5 Å². The molecule has 4 fully saturated rings. The van der Waals surface area contributed by atoms with Crippen molar-refractivity contribution in [3.05, 3.63) is 12.2 Å². The predicted molar refractivity (Wildman–Crippen MR) is 99.4 cm³/mol. The van der Waals surface area contributed by atoms with Gasteiger partial charge in [0, 0.05) is 29.4 Å². The van der Waals surface area contributed by atoms with Crippen LogP contribution in [0.3, 0.4) is 0 Å². The van der Waals surface area contributed by atoms with E-state index in [9.17, 15) is 9.59 Å². The average molecular weight is 366 g/mol. The lowest BCUT2D eigenvalue weighted by Gasteiger charge is -2.65. The molecular formula is C21H34O5. The molecule has 6 unspecified atom stereocenters. The van der Waals surface area contributed by atoms with Gasteiger partial charge in [-0.05, 0) is 25.7 Å². The highest BCUT2D eigenvalue weighted by atomic mass is 16.6. The third-order valence-electron chi connectivity index (χ3n) is 6.92. The van der Waals surface area contributed by atoms with E-state index in [1.807, 2.05) is 13.8 Å². The molecule has 0 aromatic carbocycles. The first-order valence-electron chi connectivity index (χ1n) is 9.76. The first-order valence-corrected chi connectivity index (χ1v) is 9.76. The Morgan fingerprint density at radius 1 is 1.27 bits per heavy atom. The molecule has 5 heteroatoms. The average Bonchev–Trinajstić information content (AvgIpc) is 3.01. The number of fused-ring (bicyclic) bond motifs is 2. The highest BCUT2D eigenvalue weighted by Crippen LogP contribution is 2.68. The highest BCUT2D eigenvalue weighted by molar-refractivity contribution is 5.87. The summed E-state index contributed by atoms with van der Waals surface area (Å²) in [5.74, 6) is -0.389. The molecule has 4 aliphatic rings. The third kappa shape index (κ3) is 2.70. The Bertz CT molecular complexity index is 583. The molecule has 3 saturated carbocycles. The lowest BCUT2D eigenvalue weighted by molar-refractivity contribution is -0.266. The fourth-order valence-electron chi connectivity index (χ4n) is 5.67. The topological polar surface area (TPSA) is 61.8 Å². The molecule has 1 heterocycles. The molecule has 1 aliphatic heterocycles. The monoisotopic (exact) mass is 366 g/mol. The molecule has 5 nitrogen and oxygen atoms in total. The van der Waals surface area contributed by atoms with Crippen molar-refractivity contribution >= 4 is 11.9 Å². The zero-order chi connectivity index (χ0) is 19.9. The van der Waals surface area contributed by atoms with Crippen molar-refractivity contribution < 1.29 is 23.8 Å². The molecule has 2 bridgehead atoms. The highest BCUT2D eigenvalue weighted by Gasteiger charge is 2.73. The zero-order valence-electron chi connectivity index (χ0n) is 17.3. The van der Waals surface area contributed by atoms with E-state index in [1.54, 1.807) is 14.0 Å². The molecular weight excluding hydrogens is 332 g/mol. The molecule has 0 aromatic heterocycles. The van der Waals surface area contributed by atoms with Crippen LogP contribution in [0, 0.1) is 28.6 Å². The Hall–Kier alpha value is -1.36. The Morgan fingerprint density at radius 2 is 1.88 bits per heavy atom. The van der Waals surface area contributed by atoms with Gasteiger partial charge in [0.2, 0.25) is 0 Å². The second kappa shape index (κ2) is 7.34. The quantitative estimate of drug-likeness (QED) is 0.560. The Morgan fingerprint density at radius 3 is 2.38 bits per heavy atom. The number of rotatable bonds is 4. The van der Waals surface area contributed by atoms with Crippen LogP contribution in [0.15, 0.2) is 12.2 Å².